The van der Waals surface area contributed by atoms with Gasteiger partial charge in [0.2, 0.25) is 70.9 Å². The number of benzene rings is 2. The van der Waals surface area contributed by atoms with E-state index in [-0.39, 0.29) is 80.9 Å². The quantitative estimate of drug-likeness (QED) is 0.174. The van der Waals surface area contributed by atoms with Crippen molar-refractivity contribution in [2.45, 2.75) is 236 Å². The van der Waals surface area contributed by atoms with Crippen LogP contribution in [0.4, 0.5) is 17.6 Å². The van der Waals surface area contributed by atoms with Gasteiger partial charge in [0, 0.05) is 76.4 Å². The van der Waals surface area contributed by atoms with Crippen molar-refractivity contribution in [2.75, 3.05) is 76.5 Å². The van der Waals surface area contributed by atoms with Gasteiger partial charge in [0.05, 0.1) is 23.6 Å². The largest absolute Gasteiger partial charge is 0.417 e. The van der Waals surface area contributed by atoms with Crippen molar-refractivity contribution >= 4 is 82.5 Å². The van der Waals surface area contributed by atoms with Gasteiger partial charge in [-0.3, -0.25) is 57.5 Å². The van der Waals surface area contributed by atoms with Gasteiger partial charge in [-0.1, -0.05) is 122 Å². The number of rotatable bonds is 13. The maximum Gasteiger partial charge on any atom is 0.417 e. The van der Waals surface area contributed by atoms with Gasteiger partial charge < -0.3 is 60.0 Å². The van der Waals surface area contributed by atoms with Gasteiger partial charge >= 0.3 is 6.18 Å². The van der Waals surface area contributed by atoms with Crippen LogP contribution in [0.3, 0.4) is 0 Å². The van der Waals surface area contributed by atoms with E-state index in [0.717, 1.165) is 65.0 Å². The molecular formula is C76H111ClF4N12O12. The number of alkyl halides is 3. The Bertz CT molecular complexity index is 3490. The normalized spacial score (nSPS) is 26.5. The molecule has 0 radical (unpaired) electrons. The summed E-state index contributed by atoms with van der Waals surface area (Å²) in [7, 11) is 12.7. The van der Waals surface area contributed by atoms with Crippen molar-refractivity contribution in [3.05, 3.63) is 70.0 Å². The third-order valence-corrected chi connectivity index (χ3v) is 23.1. The highest BCUT2D eigenvalue weighted by Gasteiger charge is 2.52. The van der Waals surface area contributed by atoms with E-state index >= 15 is 28.4 Å². The Morgan fingerprint density at radius 3 is 1.87 bits per heavy atom. The highest BCUT2D eigenvalue weighted by atomic mass is 35.5. The highest BCUT2D eigenvalue weighted by Crippen LogP contribution is 2.39. The molecule has 3 saturated carbocycles. The third kappa shape index (κ3) is 20.4. The van der Waals surface area contributed by atoms with Crippen molar-refractivity contribution in [2.24, 2.45) is 23.7 Å². The predicted octanol–water partition coefficient (Wildman–Crippen LogP) is 6.86. The molecule has 12 amide bonds. The zero-order chi connectivity index (χ0) is 77.9. The molecule has 582 valence electrons. The third-order valence-electron chi connectivity index (χ3n) is 22.8. The summed E-state index contributed by atoms with van der Waals surface area (Å²) in [6, 6.07) is -3.48. The van der Waals surface area contributed by atoms with Crippen LogP contribution in [-0.2, 0) is 76.6 Å². The number of carbonyl (C=O) groups is 12. The Morgan fingerprint density at radius 2 is 1.30 bits per heavy atom. The molecule has 10 atom stereocenters. The molecule has 1 spiro atoms. The maximum absolute atomic E-state index is 15.8. The summed E-state index contributed by atoms with van der Waals surface area (Å²) in [6.45, 7) is 8.22. The molecule has 24 nitrogen and oxygen atoms in total. The first kappa shape index (κ1) is 84.4. The van der Waals surface area contributed by atoms with E-state index in [1.54, 1.807) is 6.92 Å². The van der Waals surface area contributed by atoms with E-state index in [2.05, 4.69) is 16.0 Å². The molecule has 2 heterocycles. The smallest absolute Gasteiger partial charge is 0.347 e. The van der Waals surface area contributed by atoms with Crippen LogP contribution < -0.4 is 16.0 Å². The van der Waals surface area contributed by atoms with Gasteiger partial charge in [-0.2, -0.15) is 13.2 Å². The molecule has 105 heavy (non-hydrogen) atoms. The molecule has 2 saturated heterocycles. The number of nitrogens with one attached hydrogen (secondary N) is 3. The van der Waals surface area contributed by atoms with E-state index in [9.17, 15) is 46.7 Å². The second kappa shape index (κ2) is 36.6. The monoisotopic (exact) mass is 1490 g/mol. The van der Waals surface area contributed by atoms with Crippen LogP contribution in [0.5, 0.6) is 0 Å². The highest BCUT2D eigenvalue weighted by molar-refractivity contribution is 6.31. The van der Waals surface area contributed by atoms with Gasteiger partial charge in [-0.15, -0.1) is 0 Å². The van der Waals surface area contributed by atoms with Crippen molar-refractivity contribution in [1.82, 2.24) is 60.0 Å². The number of hydrogen-bond donors (Lipinski definition) is 3. The fourth-order valence-corrected chi connectivity index (χ4v) is 16.0. The summed E-state index contributed by atoms with van der Waals surface area (Å²) in [5.74, 6) is -10.4. The molecule has 5 fully saturated rings. The summed E-state index contributed by atoms with van der Waals surface area (Å²) < 4.78 is 57.2. The zero-order valence-corrected chi connectivity index (χ0v) is 64.4. The van der Waals surface area contributed by atoms with E-state index in [1.165, 1.54) is 124 Å². The molecule has 3 aliphatic carbocycles. The van der Waals surface area contributed by atoms with Gasteiger partial charge in [0.25, 0.3) is 0 Å². The van der Waals surface area contributed by atoms with Crippen LogP contribution in [0.25, 0.3) is 0 Å². The Kier molecular flexibility index (Phi) is 29.4. The molecule has 3 N–H and O–H groups in total. The lowest BCUT2D eigenvalue weighted by Crippen LogP contribution is -2.65. The standard InChI is InChI=1S/C76H111ClF4N12O12/c1-15-46(4)63-72(103)87(9)47(5)67(98)93-37-34-56(93)71(102)90(12)59(41-48-24-17-16-18-25-48)70(101)86(8)44-61(94)82-55(33-31-49-30-32-53(54(77)40-49)76(79,80)81)68(99)89(11)58(42-50-26-23-29-52(78)39-50)66(97)84-75(35-21-22-36-75)74(105)92(14)64(51-27-19-20-28-51)73(104)91(13)60(69(100)85(6)7)43-62(95)88(10)57(38-45(2)3)65(96)83-63/h23,26,29-30,32,39-40,45-48,51,55-60,63-64H,15-22,24-25,27-28,31,33-38,41-44H2,1-14H3,(H,82,94)(H,83,96)(H,84,97)/t46-,47-,55-,56?,57-,58-,59-,60-,63-,64-/m0/s1. The lowest BCUT2D eigenvalue weighted by Gasteiger charge is -2.45. The minimum atomic E-state index is -4.81. The molecule has 0 bridgehead atoms. The Balaban J connectivity index is 1.34. The van der Waals surface area contributed by atoms with Gasteiger partial charge in [-0.05, 0) is 124 Å². The van der Waals surface area contributed by atoms with Crippen LogP contribution in [0, 0.1) is 29.5 Å². The zero-order valence-electron chi connectivity index (χ0n) is 63.6. The second-order valence-corrected chi connectivity index (χ2v) is 31.1. The lowest BCUT2D eigenvalue weighted by molar-refractivity contribution is -0.160. The maximum atomic E-state index is 15.8. The first-order chi connectivity index (χ1) is 49.3. The summed E-state index contributed by atoms with van der Waals surface area (Å²) in [6.07, 6.45) is 2.16. The molecule has 1 unspecified atom stereocenters. The van der Waals surface area contributed by atoms with Crippen LogP contribution in [0.15, 0.2) is 42.5 Å². The molecule has 7 rings (SSSR count). The molecule has 2 aliphatic heterocycles. The van der Waals surface area contributed by atoms with Crippen molar-refractivity contribution < 1.29 is 75.1 Å². The molecular weight excluding hydrogens is 1380 g/mol. The summed E-state index contributed by atoms with van der Waals surface area (Å²) >= 11 is 6.19. The number of hydrogen-bond acceptors (Lipinski definition) is 12. The molecule has 0 aromatic heterocycles. The minimum Gasteiger partial charge on any atom is -0.347 e. The Morgan fingerprint density at radius 1 is 0.667 bits per heavy atom. The fraction of sp³-hybridized carbons (Fsp3) is 0.684. The van der Waals surface area contributed by atoms with Gasteiger partial charge in [0.1, 0.15) is 65.7 Å². The van der Waals surface area contributed by atoms with Gasteiger partial charge in [-0.25, -0.2) is 4.39 Å². The average molecular weight is 1500 g/mol. The van der Waals surface area contributed by atoms with Crippen LogP contribution >= 0.6 is 11.6 Å². The number of likely N-dealkylation sites (N-methyl/N-ethyl adjacent to an activating group) is 8. The molecule has 5 aliphatic rings. The number of fused-ring (bicyclic) bond motifs is 1. The number of carbonyl (C=O) groups excluding carboxylic acids is 12. The second-order valence-electron chi connectivity index (χ2n) is 30.7. The fourth-order valence-electron chi connectivity index (χ4n) is 15.7. The predicted molar refractivity (Wildman–Crippen MR) is 386 cm³/mol. The Hall–Kier alpha value is -7.91. The van der Waals surface area contributed by atoms with Crippen molar-refractivity contribution in [1.29, 1.82) is 0 Å². The molecule has 2 aromatic rings. The number of amides is 12. The number of halogens is 5. The Labute approximate surface area is 620 Å². The van der Waals surface area contributed by atoms with Crippen molar-refractivity contribution in [3.63, 3.8) is 0 Å². The summed E-state index contributed by atoms with van der Waals surface area (Å²) in [4.78, 5) is 192. The SMILES string of the molecule is CC[C@H](C)[C@@H]1NC(=O)[C@H](CC(C)C)N(C)C(=O)C[C@@H](C(=O)N(C)C)N(C)C(=O)[C@H](C2CCCC2)N(C)C(=O)C2(CCCC2)NC(=O)[C@H](Cc2cccc(F)c2)N(C)C(=O)[C@H](CCc2ccc(C(F)(F)F)c(Cl)c2)NC(=O)CN(C)C(=O)[C@H](CC2CCCCC2)N(C)C(=O)C2CCN2C(=O)[C@H](C)N(C)C1=O. The lowest BCUT2D eigenvalue weighted by atomic mass is 9.84. The number of nitrogens with zero attached hydrogens (tertiary/aromatic N) is 9. The van der Waals surface area contributed by atoms with Crippen molar-refractivity contribution in [3.8, 4) is 0 Å². The molecule has 2 aromatic carbocycles. The molecule has 29 heteroatoms. The number of aryl methyl sites for hydroxylation is 1. The average Bonchev–Trinajstić information content (AvgIpc) is 1.77. The van der Waals surface area contributed by atoms with E-state index in [1.807, 2.05) is 20.8 Å². The van der Waals surface area contributed by atoms with Gasteiger partial charge in [0.15, 0.2) is 0 Å². The van der Waals surface area contributed by atoms with E-state index in [0.29, 0.717) is 44.9 Å². The van der Waals surface area contributed by atoms with E-state index < -0.39 is 178 Å². The van der Waals surface area contributed by atoms with Crippen LogP contribution in [0.1, 0.15) is 173 Å². The van der Waals surface area contributed by atoms with Crippen LogP contribution in [0.2, 0.25) is 5.02 Å². The summed E-state index contributed by atoms with van der Waals surface area (Å²) in [5, 5.41) is 8.02. The summed E-state index contributed by atoms with van der Waals surface area (Å²) in [5.41, 5.74) is -2.37. The topological polar surface area (TPSA) is 270 Å². The first-order valence-corrected chi connectivity index (χ1v) is 37.6. The first-order valence-electron chi connectivity index (χ1n) is 37.2. The van der Waals surface area contributed by atoms with E-state index in [4.69, 9.17) is 11.6 Å². The minimum absolute atomic E-state index is 0.0159. The van der Waals surface area contributed by atoms with Crippen LogP contribution in [-0.4, -0.2) is 251 Å².